The minimum Gasteiger partial charge on any atom is -0.316 e. The smallest absolute Gasteiger partial charge is 0.00117 e. The molecule has 0 spiro atoms. The van der Waals surface area contributed by atoms with Crippen LogP contribution in [0.15, 0.2) is 12.2 Å². The molecule has 1 fully saturated rings. The predicted octanol–water partition coefficient (Wildman–Crippen LogP) is 2.34. The fourth-order valence-corrected chi connectivity index (χ4v) is 0.979. The molecule has 1 nitrogen and oxygen atoms in total. The molecule has 1 aliphatic rings. The van der Waals surface area contributed by atoms with E-state index in [0.717, 1.165) is 6.54 Å². The van der Waals surface area contributed by atoms with Gasteiger partial charge < -0.3 is 5.32 Å². The highest BCUT2D eigenvalue weighted by Gasteiger charge is 1.98. The highest BCUT2D eigenvalue weighted by atomic mass is 14.8. The van der Waals surface area contributed by atoms with Crippen molar-refractivity contribution in [3.8, 4) is 0 Å². The number of hydrogen-bond acceptors (Lipinski definition) is 1. The summed E-state index contributed by atoms with van der Waals surface area (Å²) in [6, 6.07) is 0. The summed E-state index contributed by atoms with van der Waals surface area (Å²) in [6.07, 6.45) is 3.69. The van der Waals surface area contributed by atoms with Crippen LogP contribution in [0.4, 0.5) is 0 Å². The first-order valence-corrected chi connectivity index (χ1v) is 4.27. The summed E-state index contributed by atoms with van der Waals surface area (Å²) in [5.41, 5.74) is 1.41. The van der Waals surface area contributed by atoms with Crippen molar-refractivity contribution in [3.05, 3.63) is 12.2 Å². The van der Waals surface area contributed by atoms with E-state index in [1.807, 2.05) is 13.8 Å². The van der Waals surface area contributed by atoms with E-state index < -0.39 is 0 Å². The number of rotatable bonds is 0. The molecular formula is C9H19N. The molecule has 1 aliphatic heterocycles. The molecule has 1 rings (SSSR count). The van der Waals surface area contributed by atoms with Crippen LogP contribution < -0.4 is 5.32 Å². The van der Waals surface area contributed by atoms with E-state index in [4.69, 9.17) is 0 Å². The Labute approximate surface area is 64.5 Å². The lowest BCUT2D eigenvalue weighted by Gasteiger charge is -1.94. The van der Waals surface area contributed by atoms with E-state index >= 15 is 0 Å². The van der Waals surface area contributed by atoms with E-state index in [9.17, 15) is 0 Å². The average molecular weight is 141 g/mol. The van der Waals surface area contributed by atoms with Crippen molar-refractivity contribution in [2.75, 3.05) is 13.1 Å². The van der Waals surface area contributed by atoms with E-state index in [1.54, 1.807) is 0 Å². The SMILES string of the molecule is C=C1CCCNCC1.CC. The molecule has 1 heteroatoms. The molecule has 60 valence electrons. The summed E-state index contributed by atoms with van der Waals surface area (Å²) in [5.74, 6) is 0. The molecule has 10 heavy (non-hydrogen) atoms. The van der Waals surface area contributed by atoms with Gasteiger partial charge in [0.25, 0.3) is 0 Å². The monoisotopic (exact) mass is 141 g/mol. The molecule has 1 saturated heterocycles. The van der Waals surface area contributed by atoms with Gasteiger partial charge in [-0.05, 0) is 32.4 Å². The Morgan fingerprint density at radius 2 is 1.90 bits per heavy atom. The lowest BCUT2D eigenvalue weighted by molar-refractivity contribution is 0.703. The van der Waals surface area contributed by atoms with Crippen LogP contribution in [0.1, 0.15) is 33.1 Å². The Hall–Kier alpha value is -0.300. The Morgan fingerprint density at radius 3 is 2.60 bits per heavy atom. The predicted molar refractivity (Wildman–Crippen MR) is 47.2 cm³/mol. The summed E-state index contributed by atoms with van der Waals surface area (Å²) in [4.78, 5) is 0. The van der Waals surface area contributed by atoms with Gasteiger partial charge in [0.1, 0.15) is 0 Å². The molecule has 0 aromatic rings. The summed E-state index contributed by atoms with van der Waals surface area (Å²) in [7, 11) is 0. The number of nitrogens with one attached hydrogen (secondary N) is 1. The van der Waals surface area contributed by atoms with Gasteiger partial charge in [0, 0.05) is 0 Å². The maximum absolute atomic E-state index is 3.93. The molecule has 0 bridgehead atoms. The second kappa shape index (κ2) is 6.81. The van der Waals surface area contributed by atoms with Gasteiger partial charge in [-0.1, -0.05) is 26.0 Å². The van der Waals surface area contributed by atoms with Crippen LogP contribution in [0, 0.1) is 0 Å². The third kappa shape index (κ3) is 4.57. The van der Waals surface area contributed by atoms with Crippen LogP contribution in [0.2, 0.25) is 0 Å². The zero-order valence-corrected chi connectivity index (χ0v) is 7.24. The van der Waals surface area contributed by atoms with Crippen LogP contribution in [-0.4, -0.2) is 13.1 Å². The first-order chi connectivity index (χ1) is 4.89. The molecular weight excluding hydrogens is 122 g/mol. The largest absolute Gasteiger partial charge is 0.316 e. The molecule has 1 N–H and O–H groups in total. The summed E-state index contributed by atoms with van der Waals surface area (Å²) < 4.78 is 0. The van der Waals surface area contributed by atoms with E-state index in [-0.39, 0.29) is 0 Å². The van der Waals surface area contributed by atoms with Crippen LogP contribution in [0.25, 0.3) is 0 Å². The molecule has 0 aromatic carbocycles. The van der Waals surface area contributed by atoms with Gasteiger partial charge in [0.05, 0.1) is 0 Å². The second-order valence-electron chi connectivity index (χ2n) is 2.35. The van der Waals surface area contributed by atoms with Gasteiger partial charge in [-0.25, -0.2) is 0 Å². The molecule has 0 unspecified atom stereocenters. The Kier molecular flexibility index (Phi) is 6.61. The zero-order chi connectivity index (χ0) is 7.82. The van der Waals surface area contributed by atoms with Crippen molar-refractivity contribution in [2.24, 2.45) is 0 Å². The molecule has 0 atom stereocenters. The van der Waals surface area contributed by atoms with Gasteiger partial charge in [0.15, 0.2) is 0 Å². The maximum atomic E-state index is 3.93. The van der Waals surface area contributed by atoms with Crippen LogP contribution in [0.5, 0.6) is 0 Å². The fraction of sp³-hybridized carbons (Fsp3) is 0.778. The van der Waals surface area contributed by atoms with E-state index in [1.165, 1.54) is 31.4 Å². The van der Waals surface area contributed by atoms with Crippen LogP contribution in [-0.2, 0) is 0 Å². The molecule has 0 saturated carbocycles. The number of hydrogen-bond donors (Lipinski definition) is 1. The van der Waals surface area contributed by atoms with Crippen molar-refractivity contribution < 1.29 is 0 Å². The highest BCUT2D eigenvalue weighted by molar-refractivity contribution is 4.95. The van der Waals surface area contributed by atoms with Crippen LogP contribution in [0.3, 0.4) is 0 Å². The van der Waals surface area contributed by atoms with Crippen LogP contribution >= 0.6 is 0 Å². The molecule has 0 aromatic heterocycles. The van der Waals surface area contributed by atoms with Gasteiger partial charge in [-0.15, -0.1) is 0 Å². The zero-order valence-electron chi connectivity index (χ0n) is 7.24. The maximum Gasteiger partial charge on any atom is -0.00117 e. The van der Waals surface area contributed by atoms with Gasteiger partial charge in [0.2, 0.25) is 0 Å². The normalized spacial score (nSPS) is 18.8. The minimum atomic E-state index is 1.14. The quantitative estimate of drug-likeness (QED) is 0.511. The molecule has 0 amide bonds. The lowest BCUT2D eigenvalue weighted by atomic mass is 10.1. The molecule has 1 heterocycles. The second-order valence-corrected chi connectivity index (χ2v) is 2.35. The summed E-state index contributed by atoms with van der Waals surface area (Å²) in [5, 5.41) is 3.32. The van der Waals surface area contributed by atoms with Gasteiger partial charge in [-0.2, -0.15) is 0 Å². The van der Waals surface area contributed by atoms with Crippen molar-refractivity contribution in [3.63, 3.8) is 0 Å². The van der Waals surface area contributed by atoms with Crippen molar-refractivity contribution in [1.29, 1.82) is 0 Å². The Balaban J connectivity index is 0.000000371. The van der Waals surface area contributed by atoms with Crippen molar-refractivity contribution >= 4 is 0 Å². The first-order valence-electron chi connectivity index (χ1n) is 4.27. The Morgan fingerprint density at radius 1 is 1.20 bits per heavy atom. The third-order valence-electron chi connectivity index (χ3n) is 1.54. The minimum absolute atomic E-state index is 1.14. The van der Waals surface area contributed by atoms with Gasteiger partial charge >= 0.3 is 0 Å². The van der Waals surface area contributed by atoms with Crippen molar-refractivity contribution in [2.45, 2.75) is 33.1 Å². The third-order valence-corrected chi connectivity index (χ3v) is 1.54. The summed E-state index contributed by atoms with van der Waals surface area (Å²) in [6.45, 7) is 10.3. The molecule has 0 aliphatic carbocycles. The average Bonchev–Trinajstić information content (AvgIpc) is 2.21. The summed E-state index contributed by atoms with van der Waals surface area (Å²) >= 11 is 0. The fourth-order valence-electron chi connectivity index (χ4n) is 0.979. The first kappa shape index (κ1) is 9.70. The van der Waals surface area contributed by atoms with E-state index in [2.05, 4.69) is 11.9 Å². The van der Waals surface area contributed by atoms with Crippen molar-refractivity contribution in [1.82, 2.24) is 5.32 Å². The lowest BCUT2D eigenvalue weighted by Crippen LogP contribution is -2.13. The Bertz CT molecular complexity index is 76.7. The van der Waals surface area contributed by atoms with Gasteiger partial charge in [-0.3, -0.25) is 0 Å². The standard InChI is InChI=1S/C7H13N.C2H6/c1-7-3-2-5-8-6-4-7;1-2/h8H,1-6H2;1-2H3. The topological polar surface area (TPSA) is 12.0 Å². The molecule has 0 radical (unpaired) electrons. The highest BCUT2D eigenvalue weighted by Crippen LogP contribution is 2.07. The van der Waals surface area contributed by atoms with E-state index in [0.29, 0.717) is 0 Å².